The third-order valence-corrected chi connectivity index (χ3v) is 4.24. The van der Waals surface area contributed by atoms with Crippen LogP contribution in [0.2, 0.25) is 0 Å². The third-order valence-electron chi connectivity index (χ3n) is 4.24. The molecule has 0 aliphatic rings. The summed E-state index contributed by atoms with van der Waals surface area (Å²) in [5.74, 6) is -0.177. The van der Waals surface area contributed by atoms with Gasteiger partial charge >= 0.3 is 6.18 Å². The molecule has 0 radical (unpaired) electrons. The number of alkyl halides is 3. The van der Waals surface area contributed by atoms with Crippen LogP contribution in [0.25, 0.3) is 11.1 Å². The summed E-state index contributed by atoms with van der Waals surface area (Å²) in [6.07, 6.45) is -2.45. The second-order valence-corrected chi connectivity index (χ2v) is 6.51. The first-order valence-electron chi connectivity index (χ1n) is 9.05. The van der Waals surface area contributed by atoms with Crippen molar-refractivity contribution in [3.8, 4) is 16.9 Å². The Morgan fingerprint density at radius 3 is 2.71 bits per heavy atom. The lowest BCUT2D eigenvalue weighted by Crippen LogP contribution is -2.27. The number of aromatic amines is 1. The second kappa shape index (κ2) is 10.4. The number of H-pyrrole nitrogens is 1. The number of rotatable bonds is 11. The maximum atomic E-state index is 13.6. The van der Waals surface area contributed by atoms with Crippen molar-refractivity contribution in [1.29, 1.82) is 0 Å². The first kappa shape index (κ1) is 22.2. The highest BCUT2D eigenvalue weighted by molar-refractivity contribution is 5.67. The van der Waals surface area contributed by atoms with Gasteiger partial charge in [0.15, 0.2) is 0 Å². The monoisotopic (exact) mass is 400 g/mol. The molecule has 0 aliphatic heterocycles. The minimum Gasteiger partial charge on any atom is -0.493 e. The number of methoxy groups -OCH3 is 1. The predicted octanol–water partition coefficient (Wildman–Crippen LogP) is 3.16. The standard InChI is InChI=1S/C19H27F3N4O2/c1-23-7-8-26(2)13-17-15(12-24-25-17)14-5-6-18(28-10-4-9-27-3)16(11-14)19(20,21)22/h5-6,11-12,23H,4,7-10,13H2,1-3H3,(H,24,25). The topological polar surface area (TPSA) is 62.4 Å². The van der Waals surface area contributed by atoms with E-state index in [0.717, 1.165) is 24.8 Å². The molecule has 0 spiro atoms. The molecule has 6 nitrogen and oxygen atoms in total. The van der Waals surface area contributed by atoms with Crippen molar-refractivity contribution < 1.29 is 22.6 Å². The van der Waals surface area contributed by atoms with Gasteiger partial charge in [0.25, 0.3) is 0 Å². The quantitative estimate of drug-likeness (QED) is 0.568. The van der Waals surface area contributed by atoms with E-state index in [0.29, 0.717) is 30.7 Å². The lowest BCUT2D eigenvalue weighted by atomic mass is 10.0. The first-order chi connectivity index (χ1) is 13.4. The summed E-state index contributed by atoms with van der Waals surface area (Å²) in [5, 5.41) is 9.98. The molecule has 0 fully saturated rings. The molecule has 1 aromatic carbocycles. The van der Waals surface area contributed by atoms with Crippen LogP contribution in [0.3, 0.4) is 0 Å². The molecule has 0 saturated heterocycles. The van der Waals surface area contributed by atoms with Gasteiger partial charge in [-0.2, -0.15) is 18.3 Å². The van der Waals surface area contributed by atoms with E-state index in [1.54, 1.807) is 12.3 Å². The SMILES string of the molecule is CNCCN(C)Cc1[nH]ncc1-c1ccc(OCCCOC)c(C(F)(F)F)c1. The average Bonchev–Trinajstić information content (AvgIpc) is 3.11. The molecule has 1 heterocycles. The molecule has 0 unspecified atom stereocenters. The number of aromatic nitrogens is 2. The number of likely N-dealkylation sites (N-methyl/N-ethyl adjacent to an activating group) is 2. The predicted molar refractivity (Wildman–Crippen MR) is 101 cm³/mol. The molecule has 0 bridgehead atoms. The van der Waals surface area contributed by atoms with Crippen molar-refractivity contribution in [1.82, 2.24) is 20.4 Å². The van der Waals surface area contributed by atoms with E-state index in [1.807, 2.05) is 14.1 Å². The van der Waals surface area contributed by atoms with Crippen LogP contribution in [-0.4, -0.2) is 62.6 Å². The minimum atomic E-state index is -4.51. The molecule has 0 atom stereocenters. The summed E-state index contributed by atoms with van der Waals surface area (Å²) < 4.78 is 50.9. The van der Waals surface area contributed by atoms with Gasteiger partial charge in [-0.1, -0.05) is 6.07 Å². The molecular weight excluding hydrogens is 373 g/mol. The van der Waals surface area contributed by atoms with E-state index in [9.17, 15) is 13.2 Å². The highest BCUT2D eigenvalue weighted by atomic mass is 19.4. The maximum absolute atomic E-state index is 13.6. The van der Waals surface area contributed by atoms with Gasteiger partial charge in [0.1, 0.15) is 5.75 Å². The van der Waals surface area contributed by atoms with Crippen molar-refractivity contribution in [2.75, 3.05) is 47.5 Å². The number of hydrogen-bond donors (Lipinski definition) is 2. The van der Waals surface area contributed by atoms with Crippen LogP contribution in [0.5, 0.6) is 5.75 Å². The number of ether oxygens (including phenoxy) is 2. The fourth-order valence-corrected chi connectivity index (χ4v) is 2.76. The number of nitrogens with zero attached hydrogens (tertiary/aromatic N) is 2. The minimum absolute atomic E-state index is 0.156. The molecule has 1 aromatic heterocycles. The Bertz CT molecular complexity index is 734. The summed E-state index contributed by atoms with van der Waals surface area (Å²) in [5.41, 5.74) is 1.06. The molecular formula is C19H27F3N4O2. The van der Waals surface area contributed by atoms with Crippen LogP contribution in [0, 0.1) is 0 Å². The van der Waals surface area contributed by atoms with E-state index >= 15 is 0 Å². The number of halogens is 3. The summed E-state index contributed by atoms with van der Waals surface area (Å²) >= 11 is 0. The third kappa shape index (κ3) is 6.22. The fraction of sp³-hybridized carbons (Fsp3) is 0.526. The molecule has 2 aromatic rings. The Balaban J connectivity index is 2.24. The van der Waals surface area contributed by atoms with E-state index in [-0.39, 0.29) is 12.4 Å². The number of benzene rings is 1. The highest BCUT2D eigenvalue weighted by Crippen LogP contribution is 2.39. The maximum Gasteiger partial charge on any atom is 0.419 e. The summed E-state index contributed by atoms with van der Waals surface area (Å²) in [4.78, 5) is 2.06. The number of hydrogen-bond acceptors (Lipinski definition) is 5. The van der Waals surface area contributed by atoms with Crippen LogP contribution < -0.4 is 10.1 Å². The second-order valence-electron chi connectivity index (χ2n) is 6.51. The highest BCUT2D eigenvalue weighted by Gasteiger charge is 2.35. The smallest absolute Gasteiger partial charge is 0.419 e. The summed E-state index contributed by atoms with van der Waals surface area (Å²) in [6, 6.07) is 4.11. The van der Waals surface area contributed by atoms with E-state index in [1.165, 1.54) is 13.2 Å². The van der Waals surface area contributed by atoms with Crippen molar-refractivity contribution in [2.45, 2.75) is 19.1 Å². The van der Waals surface area contributed by atoms with Gasteiger partial charge in [0.05, 0.1) is 24.1 Å². The normalized spacial score (nSPS) is 12.0. The van der Waals surface area contributed by atoms with Crippen LogP contribution in [0.4, 0.5) is 13.2 Å². The van der Waals surface area contributed by atoms with Crippen LogP contribution >= 0.6 is 0 Å². The Hall–Kier alpha value is -2.10. The van der Waals surface area contributed by atoms with E-state index in [4.69, 9.17) is 9.47 Å². The first-order valence-corrected chi connectivity index (χ1v) is 9.05. The van der Waals surface area contributed by atoms with Gasteiger partial charge < -0.3 is 14.8 Å². The van der Waals surface area contributed by atoms with Gasteiger partial charge in [0.2, 0.25) is 0 Å². The zero-order valence-electron chi connectivity index (χ0n) is 16.4. The molecule has 2 N–H and O–H groups in total. The van der Waals surface area contributed by atoms with Gasteiger partial charge in [-0.25, -0.2) is 0 Å². The van der Waals surface area contributed by atoms with Gasteiger partial charge in [-0.15, -0.1) is 0 Å². The Morgan fingerprint density at radius 1 is 1.25 bits per heavy atom. The lowest BCUT2D eigenvalue weighted by molar-refractivity contribution is -0.138. The Kier molecular flexibility index (Phi) is 8.28. The van der Waals surface area contributed by atoms with E-state index in [2.05, 4.69) is 20.4 Å². The Labute approximate surface area is 163 Å². The van der Waals surface area contributed by atoms with Gasteiger partial charge in [0, 0.05) is 45.3 Å². The van der Waals surface area contributed by atoms with Crippen molar-refractivity contribution in [2.24, 2.45) is 0 Å². The van der Waals surface area contributed by atoms with Crippen molar-refractivity contribution in [3.63, 3.8) is 0 Å². The van der Waals surface area contributed by atoms with E-state index < -0.39 is 11.7 Å². The van der Waals surface area contributed by atoms with Crippen LogP contribution in [0.15, 0.2) is 24.4 Å². The number of nitrogens with one attached hydrogen (secondary N) is 2. The molecule has 156 valence electrons. The van der Waals surface area contributed by atoms with Crippen LogP contribution in [0.1, 0.15) is 17.7 Å². The average molecular weight is 400 g/mol. The van der Waals surface area contributed by atoms with Gasteiger partial charge in [-0.05, 0) is 31.8 Å². The zero-order valence-corrected chi connectivity index (χ0v) is 16.4. The van der Waals surface area contributed by atoms with Crippen LogP contribution in [-0.2, 0) is 17.5 Å². The molecule has 28 heavy (non-hydrogen) atoms. The Morgan fingerprint density at radius 2 is 2.04 bits per heavy atom. The molecule has 2 rings (SSSR count). The molecule has 9 heteroatoms. The molecule has 0 amide bonds. The van der Waals surface area contributed by atoms with Crippen molar-refractivity contribution in [3.05, 3.63) is 35.7 Å². The zero-order chi connectivity index (χ0) is 20.6. The van der Waals surface area contributed by atoms with Crippen molar-refractivity contribution >= 4 is 0 Å². The molecule has 0 saturated carbocycles. The van der Waals surface area contributed by atoms with Gasteiger partial charge in [-0.3, -0.25) is 10.00 Å². The lowest BCUT2D eigenvalue weighted by Gasteiger charge is -2.17. The fourth-order valence-electron chi connectivity index (χ4n) is 2.76. The summed E-state index contributed by atoms with van der Waals surface area (Å²) in [6.45, 7) is 2.75. The summed E-state index contributed by atoms with van der Waals surface area (Å²) in [7, 11) is 5.35. The largest absolute Gasteiger partial charge is 0.493 e. The molecule has 0 aliphatic carbocycles.